The van der Waals surface area contributed by atoms with Crippen LogP contribution in [0.2, 0.25) is 0 Å². The van der Waals surface area contributed by atoms with Crippen LogP contribution in [0, 0.1) is 18.8 Å². The van der Waals surface area contributed by atoms with Crippen LogP contribution in [0.4, 0.5) is 0 Å². The van der Waals surface area contributed by atoms with Crippen molar-refractivity contribution >= 4 is 12.6 Å². The van der Waals surface area contributed by atoms with Gasteiger partial charge in [-0.3, -0.25) is 0 Å². The molecule has 1 aromatic carbocycles. The molecular formula is C22H39BO3. The van der Waals surface area contributed by atoms with Gasteiger partial charge in [0.2, 0.25) is 0 Å². The summed E-state index contributed by atoms with van der Waals surface area (Å²) in [4.78, 5) is 0. The maximum Gasteiger partial charge on any atom is 0.494 e. The van der Waals surface area contributed by atoms with E-state index in [1.165, 1.54) is 0 Å². The topological polar surface area (TPSA) is 27.7 Å². The predicted octanol–water partition coefficient (Wildman–Crippen LogP) is 5.38. The molecule has 0 saturated carbocycles. The van der Waals surface area contributed by atoms with E-state index in [0.29, 0.717) is 11.8 Å². The van der Waals surface area contributed by atoms with Gasteiger partial charge in [0.25, 0.3) is 0 Å². The lowest BCUT2D eigenvalue weighted by atomic mass is 9.77. The summed E-state index contributed by atoms with van der Waals surface area (Å²) in [5, 5.41) is 0. The Kier molecular flexibility index (Phi) is 9.74. The Labute approximate surface area is 162 Å². The number of hydrogen-bond acceptors (Lipinski definition) is 3. The van der Waals surface area contributed by atoms with Crippen molar-refractivity contribution in [2.75, 3.05) is 0 Å². The highest BCUT2D eigenvalue weighted by Gasteiger charge is 2.27. The Hall–Kier alpha value is -0.995. The van der Waals surface area contributed by atoms with E-state index in [2.05, 4.69) is 52.8 Å². The average molecular weight is 362 g/mol. The van der Waals surface area contributed by atoms with Gasteiger partial charge in [-0.25, -0.2) is 0 Å². The molecule has 0 radical (unpaired) electrons. The molecule has 0 heterocycles. The Morgan fingerprint density at radius 2 is 1.35 bits per heavy atom. The summed E-state index contributed by atoms with van der Waals surface area (Å²) in [6, 6.07) is 6.29. The van der Waals surface area contributed by atoms with Gasteiger partial charge in [-0.1, -0.05) is 52.7 Å². The number of benzene rings is 1. The summed E-state index contributed by atoms with van der Waals surface area (Å²) >= 11 is 0. The molecule has 3 nitrogen and oxygen atoms in total. The molecule has 0 aromatic heterocycles. The van der Waals surface area contributed by atoms with Crippen molar-refractivity contribution in [2.24, 2.45) is 11.8 Å². The zero-order valence-corrected chi connectivity index (χ0v) is 18.3. The highest BCUT2D eigenvalue weighted by molar-refractivity contribution is 6.61. The Bertz CT molecular complexity index is 510. The second-order valence-electron chi connectivity index (χ2n) is 8.08. The van der Waals surface area contributed by atoms with E-state index < -0.39 is 0 Å². The van der Waals surface area contributed by atoms with Crippen molar-refractivity contribution in [1.29, 1.82) is 0 Å². The largest absolute Gasteiger partial charge is 0.494 e. The van der Waals surface area contributed by atoms with Gasteiger partial charge in [0.15, 0.2) is 0 Å². The van der Waals surface area contributed by atoms with Gasteiger partial charge in [-0.15, -0.1) is 0 Å². The minimum atomic E-state index is -0.372. The molecule has 1 aromatic rings. The first kappa shape index (κ1) is 23.0. The molecule has 2 unspecified atom stereocenters. The molecule has 0 aliphatic carbocycles. The summed E-state index contributed by atoms with van der Waals surface area (Å²) in [5.74, 6) is 1.98. The maximum atomic E-state index is 6.54. The monoisotopic (exact) mass is 362 g/mol. The lowest BCUT2D eigenvalue weighted by molar-refractivity contribution is 0.0847. The van der Waals surface area contributed by atoms with Crippen LogP contribution in [-0.2, 0) is 9.31 Å². The summed E-state index contributed by atoms with van der Waals surface area (Å²) < 4.78 is 18.6. The number of ether oxygens (including phenoxy) is 1. The summed E-state index contributed by atoms with van der Waals surface area (Å²) in [7, 11) is -0.372. The number of rotatable bonds is 11. The number of aryl methyl sites for hydroxylation is 1. The zero-order valence-electron chi connectivity index (χ0n) is 18.3. The van der Waals surface area contributed by atoms with E-state index in [1.54, 1.807) is 0 Å². The van der Waals surface area contributed by atoms with Crippen molar-refractivity contribution in [1.82, 2.24) is 0 Å². The van der Waals surface area contributed by atoms with Gasteiger partial charge in [0, 0.05) is 12.2 Å². The first-order valence-corrected chi connectivity index (χ1v) is 10.3. The van der Waals surface area contributed by atoms with Crippen LogP contribution in [0.5, 0.6) is 5.75 Å². The fourth-order valence-electron chi connectivity index (χ4n) is 2.98. The van der Waals surface area contributed by atoms with Gasteiger partial charge in [-0.2, -0.15) is 0 Å². The van der Waals surface area contributed by atoms with Crippen LogP contribution in [0.3, 0.4) is 0 Å². The molecule has 0 aliphatic rings. The molecule has 4 heteroatoms. The third-order valence-corrected chi connectivity index (χ3v) is 4.95. The molecule has 0 fully saturated rings. The van der Waals surface area contributed by atoms with Crippen molar-refractivity contribution < 1.29 is 14.0 Å². The van der Waals surface area contributed by atoms with Crippen molar-refractivity contribution in [3.63, 3.8) is 0 Å². The predicted molar refractivity (Wildman–Crippen MR) is 112 cm³/mol. The molecule has 0 aliphatic heterocycles. The lowest BCUT2D eigenvalue weighted by Gasteiger charge is -2.30. The quantitative estimate of drug-likeness (QED) is 0.495. The van der Waals surface area contributed by atoms with Crippen LogP contribution in [0.1, 0.15) is 73.8 Å². The first-order chi connectivity index (χ1) is 12.2. The van der Waals surface area contributed by atoms with Crippen LogP contribution in [0.15, 0.2) is 18.2 Å². The van der Waals surface area contributed by atoms with Crippen LogP contribution in [-0.4, -0.2) is 25.4 Å². The fourth-order valence-corrected chi connectivity index (χ4v) is 2.98. The van der Waals surface area contributed by atoms with E-state index >= 15 is 0 Å². The molecular weight excluding hydrogens is 323 g/mol. The minimum Gasteiger partial charge on any atom is -0.490 e. The van der Waals surface area contributed by atoms with Gasteiger partial charge >= 0.3 is 7.12 Å². The summed E-state index contributed by atoms with van der Waals surface area (Å²) in [5.41, 5.74) is 2.17. The summed E-state index contributed by atoms with van der Waals surface area (Å²) in [6.07, 6.45) is 2.64. The Balaban J connectivity index is 3.13. The van der Waals surface area contributed by atoms with Crippen molar-refractivity contribution in [2.45, 2.75) is 93.5 Å². The number of hydrogen-bond donors (Lipinski definition) is 0. The second-order valence-corrected chi connectivity index (χ2v) is 8.08. The first-order valence-electron chi connectivity index (χ1n) is 10.3. The van der Waals surface area contributed by atoms with E-state index in [1.807, 2.05) is 27.7 Å². The molecule has 0 saturated heterocycles. The average Bonchev–Trinajstić information content (AvgIpc) is 2.58. The molecule has 148 valence electrons. The highest BCUT2D eigenvalue weighted by atomic mass is 16.6. The van der Waals surface area contributed by atoms with Crippen molar-refractivity contribution in [3.8, 4) is 5.75 Å². The van der Waals surface area contributed by atoms with Gasteiger partial charge < -0.3 is 14.0 Å². The molecule has 26 heavy (non-hydrogen) atoms. The molecule has 1 rings (SSSR count). The maximum absolute atomic E-state index is 6.54. The standard InChI is InChI=1S/C22H39BO3/c1-10-17(7)22(18(8)11-2)24-21-14-20(13-12-19(21)9)23(25-15(3)4)26-16(5)6/h12-18,22H,10-11H2,1-9H3. The Morgan fingerprint density at radius 3 is 1.77 bits per heavy atom. The van der Waals surface area contributed by atoms with Gasteiger partial charge in [0.05, 0.1) is 0 Å². The van der Waals surface area contributed by atoms with Gasteiger partial charge in [-0.05, 0) is 63.5 Å². The van der Waals surface area contributed by atoms with Crippen LogP contribution in [0.25, 0.3) is 0 Å². The van der Waals surface area contributed by atoms with Crippen molar-refractivity contribution in [3.05, 3.63) is 23.8 Å². The van der Waals surface area contributed by atoms with E-state index in [0.717, 1.165) is 29.6 Å². The Morgan fingerprint density at radius 1 is 0.846 bits per heavy atom. The smallest absolute Gasteiger partial charge is 0.490 e. The van der Waals surface area contributed by atoms with Crippen LogP contribution >= 0.6 is 0 Å². The molecule has 0 amide bonds. The summed E-state index contributed by atoms with van der Waals surface area (Å²) in [6.45, 7) is 19.3. The minimum absolute atomic E-state index is 0.0948. The lowest BCUT2D eigenvalue weighted by Crippen LogP contribution is -2.41. The normalized spacial score (nSPS) is 15.2. The third-order valence-electron chi connectivity index (χ3n) is 4.95. The SMILES string of the molecule is CCC(C)C(Oc1cc(B(OC(C)C)OC(C)C)ccc1C)C(C)CC. The highest BCUT2D eigenvalue weighted by Crippen LogP contribution is 2.27. The molecule has 0 spiro atoms. The zero-order chi connectivity index (χ0) is 19.9. The van der Waals surface area contributed by atoms with E-state index in [9.17, 15) is 0 Å². The molecule has 0 N–H and O–H groups in total. The molecule has 2 atom stereocenters. The third kappa shape index (κ3) is 6.96. The second kappa shape index (κ2) is 11.0. The van der Waals surface area contributed by atoms with E-state index in [4.69, 9.17) is 14.0 Å². The molecule has 0 bridgehead atoms. The van der Waals surface area contributed by atoms with Gasteiger partial charge in [0.1, 0.15) is 11.9 Å². The van der Waals surface area contributed by atoms with E-state index in [-0.39, 0.29) is 25.4 Å². The van der Waals surface area contributed by atoms with Crippen LogP contribution < -0.4 is 10.2 Å². The fraction of sp³-hybridized carbons (Fsp3) is 0.727.